The predicted octanol–water partition coefficient (Wildman–Crippen LogP) is 1.79. The van der Waals surface area contributed by atoms with E-state index in [1.54, 1.807) is 11.7 Å². The number of aromatic carboxylic acids is 1. The first-order valence-electron chi connectivity index (χ1n) is 7.03. The lowest BCUT2D eigenvalue weighted by Gasteiger charge is -2.09. The molecule has 22 heavy (non-hydrogen) atoms. The van der Waals surface area contributed by atoms with Crippen LogP contribution >= 0.6 is 11.3 Å². The molecule has 0 radical (unpaired) electrons. The Hall–Kier alpha value is -2.06. The van der Waals surface area contributed by atoms with Gasteiger partial charge in [0.2, 0.25) is 0 Å². The van der Waals surface area contributed by atoms with E-state index in [2.05, 4.69) is 20.3 Å². The number of anilines is 1. The number of rotatable bonds is 6. The van der Waals surface area contributed by atoms with Crippen LogP contribution in [0.5, 0.6) is 0 Å². The molecule has 116 valence electrons. The molecule has 1 unspecified atom stereocenters. The van der Waals surface area contributed by atoms with Crippen LogP contribution in [0.1, 0.15) is 33.5 Å². The number of nitrogens with one attached hydrogen (secondary N) is 1. The monoisotopic (exact) mass is 320 g/mol. The zero-order valence-corrected chi connectivity index (χ0v) is 12.7. The van der Waals surface area contributed by atoms with Gasteiger partial charge in [0, 0.05) is 36.9 Å². The summed E-state index contributed by atoms with van der Waals surface area (Å²) in [6.45, 7) is 2.14. The number of carboxylic acid groups (broad SMARTS) is 1. The van der Waals surface area contributed by atoms with Crippen LogP contribution in [-0.4, -0.2) is 45.8 Å². The van der Waals surface area contributed by atoms with Crippen molar-refractivity contribution in [3.63, 3.8) is 0 Å². The third-order valence-electron chi connectivity index (χ3n) is 3.45. The van der Waals surface area contributed by atoms with Crippen molar-refractivity contribution >= 4 is 23.1 Å². The average molecular weight is 320 g/mol. The standard InChI is InChI=1S/C14H16N4O3S/c19-14(20)11-7-22-13(18-11)1-3-15-12-5-10(16-8-17-12)9-2-4-21-6-9/h5,7-9H,1-4,6H2,(H,19,20)(H,15,16,17). The first-order valence-corrected chi connectivity index (χ1v) is 7.91. The van der Waals surface area contributed by atoms with Crippen molar-refractivity contribution in [2.45, 2.75) is 18.8 Å². The van der Waals surface area contributed by atoms with E-state index < -0.39 is 5.97 Å². The second kappa shape index (κ2) is 6.80. The van der Waals surface area contributed by atoms with Gasteiger partial charge in [0.1, 0.15) is 12.1 Å². The highest BCUT2D eigenvalue weighted by atomic mass is 32.1. The summed E-state index contributed by atoms with van der Waals surface area (Å²) in [6.07, 6.45) is 3.21. The summed E-state index contributed by atoms with van der Waals surface area (Å²) >= 11 is 1.36. The van der Waals surface area contributed by atoms with Crippen LogP contribution in [0.2, 0.25) is 0 Å². The van der Waals surface area contributed by atoms with Gasteiger partial charge in [-0.05, 0) is 6.42 Å². The van der Waals surface area contributed by atoms with E-state index in [9.17, 15) is 4.79 Å². The first-order chi connectivity index (χ1) is 10.7. The summed E-state index contributed by atoms with van der Waals surface area (Å²) in [7, 11) is 0. The van der Waals surface area contributed by atoms with Gasteiger partial charge in [-0.2, -0.15) is 0 Å². The molecule has 0 aromatic carbocycles. The maximum Gasteiger partial charge on any atom is 0.355 e. The topological polar surface area (TPSA) is 97.2 Å². The van der Waals surface area contributed by atoms with Gasteiger partial charge in [-0.3, -0.25) is 0 Å². The summed E-state index contributed by atoms with van der Waals surface area (Å²) < 4.78 is 5.38. The summed E-state index contributed by atoms with van der Waals surface area (Å²) in [4.78, 5) is 23.3. The lowest BCUT2D eigenvalue weighted by Crippen LogP contribution is -2.09. The van der Waals surface area contributed by atoms with E-state index in [0.29, 0.717) is 25.5 Å². The van der Waals surface area contributed by atoms with Gasteiger partial charge in [0.25, 0.3) is 0 Å². The van der Waals surface area contributed by atoms with E-state index in [0.717, 1.165) is 29.5 Å². The number of hydrogen-bond donors (Lipinski definition) is 2. The Balaban J connectivity index is 1.54. The first kappa shape index (κ1) is 14.9. The smallest absolute Gasteiger partial charge is 0.355 e. The van der Waals surface area contributed by atoms with E-state index in [1.165, 1.54) is 11.3 Å². The minimum Gasteiger partial charge on any atom is -0.476 e. The number of aromatic nitrogens is 3. The second-order valence-corrected chi connectivity index (χ2v) is 5.94. The molecule has 8 heteroatoms. The van der Waals surface area contributed by atoms with Crippen LogP contribution in [-0.2, 0) is 11.2 Å². The van der Waals surface area contributed by atoms with Gasteiger partial charge < -0.3 is 15.2 Å². The summed E-state index contributed by atoms with van der Waals surface area (Å²) in [5.41, 5.74) is 1.10. The minimum atomic E-state index is -0.991. The van der Waals surface area contributed by atoms with Crippen LogP contribution in [0.4, 0.5) is 5.82 Å². The van der Waals surface area contributed by atoms with Gasteiger partial charge in [0.05, 0.1) is 17.3 Å². The molecule has 1 atom stereocenters. The molecule has 0 spiro atoms. The SMILES string of the molecule is O=C(O)c1csc(CCNc2cc(C3CCOC3)ncn2)n1. The Bertz CT molecular complexity index is 655. The Labute approximate surface area is 131 Å². The molecule has 2 aromatic rings. The molecule has 7 nitrogen and oxygen atoms in total. The number of carbonyl (C=O) groups is 1. The molecule has 1 aliphatic heterocycles. The molecular formula is C14H16N4O3S. The molecule has 0 bridgehead atoms. The van der Waals surface area contributed by atoms with Crippen molar-refractivity contribution in [1.29, 1.82) is 0 Å². The van der Waals surface area contributed by atoms with Crippen molar-refractivity contribution in [3.8, 4) is 0 Å². The fraction of sp³-hybridized carbons (Fsp3) is 0.429. The molecular weight excluding hydrogens is 304 g/mol. The average Bonchev–Trinajstić information content (AvgIpc) is 3.19. The predicted molar refractivity (Wildman–Crippen MR) is 81.5 cm³/mol. The van der Waals surface area contributed by atoms with Crippen molar-refractivity contribution in [3.05, 3.63) is 34.2 Å². The number of ether oxygens (including phenoxy) is 1. The molecule has 0 amide bonds. The highest BCUT2D eigenvalue weighted by Gasteiger charge is 2.19. The highest BCUT2D eigenvalue weighted by molar-refractivity contribution is 7.09. The van der Waals surface area contributed by atoms with Crippen molar-refractivity contribution in [2.24, 2.45) is 0 Å². The fourth-order valence-electron chi connectivity index (χ4n) is 2.28. The van der Waals surface area contributed by atoms with E-state index in [4.69, 9.17) is 9.84 Å². The second-order valence-electron chi connectivity index (χ2n) is 5.00. The number of nitrogens with zero attached hydrogens (tertiary/aromatic N) is 3. The molecule has 1 saturated heterocycles. The van der Waals surface area contributed by atoms with Crippen LogP contribution < -0.4 is 5.32 Å². The van der Waals surface area contributed by atoms with Gasteiger partial charge in [-0.15, -0.1) is 11.3 Å². The highest BCUT2D eigenvalue weighted by Crippen LogP contribution is 2.24. The van der Waals surface area contributed by atoms with Gasteiger partial charge in [0.15, 0.2) is 5.69 Å². The van der Waals surface area contributed by atoms with Crippen LogP contribution in [0.25, 0.3) is 0 Å². The van der Waals surface area contributed by atoms with E-state index in [1.807, 2.05) is 6.07 Å². The number of carboxylic acids is 1. The quantitative estimate of drug-likeness (QED) is 0.837. The van der Waals surface area contributed by atoms with E-state index >= 15 is 0 Å². The summed E-state index contributed by atoms with van der Waals surface area (Å²) in [6, 6.07) is 1.95. The van der Waals surface area contributed by atoms with Gasteiger partial charge >= 0.3 is 5.97 Å². The maximum absolute atomic E-state index is 10.8. The van der Waals surface area contributed by atoms with Gasteiger partial charge in [-0.1, -0.05) is 0 Å². The van der Waals surface area contributed by atoms with Crippen LogP contribution in [0.15, 0.2) is 17.8 Å². The zero-order chi connectivity index (χ0) is 15.4. The minimum absolute atomic E-state index is 0.102. The lowest BCUT2D eigenvalue weighted by atomic mass is 10.1. The van der Waals surface area contributed by atoms with Crippen molar-refractivity contribution in [1.82, 2.24) is 15.0 Å². The third-order valence-corrected chi connectivity index (χ3v) is 4.36. The molecule has 1 aliphatic rings. The zero-order valence-electron chi connectivity index (χ0n) is 11.9. The van der Waals surface area contributed by atoms with Crippen LogP contribution in [0, 0.1) is 0 Å². The van der Waals surface area contributed by atoms with Gasteiger partial charge in [-0.25, -0.2) is 19.7 Å². The maximum atomic E-state index is 10.8. The molecule has 0 saturated carbocycles. The molecule has 3 heterocycles. The lowest BCUT2D eigenvalue weighted by molar-refractivity contribution is 0.0691. The van der Waals surface area contributed by atoms with E-state index in [-0.39, 0.29) is 5.69 Å². The van der Waals surface area contributed by atoms with Crippen molar-refractivity contribution in [2.75, 3.05) is 25.1 Å². The van der Waals surface area contributed by atoms with Crippen molar-refractivity contribution < 1.29 is 14.6 Å². The molecule has 2 aromatic heterocycles. The molecule has 0 aliphatic carbocycles. The fourth-order valence-corrected chi connectivity index (χ4v) is 3.05. The Kier molecular flexibility index (Phi) is 4.59. The molecule has 2 N–H and O–H groups in total. The summed E-state index contributed by atoms with van der Waals surface area (Å²) in [5, 5.41) is 14.4. The number of thiazole rings is 1. The number of hydrogen-bond acceptors (Lipinski definition) is 7. The third kappa shape index (κ3) is 3.58. The normalized spacial score (nSPS) is 17.5. The Morgan fingerprint density at radius 3 is 3.14 bits per heavy atom. The summed E-state index contributed by atoms with van der Waals surface area (Å²) in [5.74, 6) is 0.127. The van der Waals surface area contributed by atoms with Crippen LogP contribution in [0.3, 0.4) is 0 Å². The molecule has 3 rings (SSSR count). The largest absolute Gasteiger partial charge is 0.476 e. The molecule has 1 fully saturated rings. The Morgan fingerprint density at radius 2 is 2.41 bits per heavy atom. The Morgan fingerprint density at radius 1 is 1.50 bits per heavy atom.